The topological polar surface area (TPSA) is 56.3 Å². The van der Waals surface area contributed by atoms with Crippen molar-refractivity contribution in [3.63, 3.8) is 0 Å². The highest BCUT2D eigenvalue weighted by atomic mass is 16.5. The van der Waals surface area contributed by atoms with Gasteiger partial charge in [-0.15, -0.1) is 0 Å². The largest absolute Gasteiger partial charge is 0.389 e. The van der Waals surface area contributed by atoms with Crippen molar-refractivity contribution in [3.8, 4) is 0 Å². The van der Waals surface area contributed by atoms with Crippen LogP contribution in [0.3, 0.4) is 0 Å². The normalized spacial score (nSPS) is 19.0. The summed E-state index contributed by atoms with van der Waals surface area (Å²) in [7, 11) is 0. The van der Waals surface area contributed by atoms with Crippen LogP contribution in [0.25, 0.3) is 0 Å². The Bertz CT molecular complexity index is 795. The Hall–Kier alpha value is -2.25. The van der Waals surface area contributed by atoms with E-state index in [1.54, 1.807) is 0 Å². The van der Waals surface area contributed by atoms with Gasteiger partial charge in [-0.3, -0.25) is 14.6 Å². The third-order valence-corrected chi connectivity index (χ3v) is 6.66. The van der Waals surface area contributed by atoms with Gasteiger partial charge in [-0.25, -0.2) is 0 Å². The van der Waals surface area contributed by atoms with Crippen LogP contribution in [-0.4, -0.2) is 90.8 Å². The van der Waals surface area contributed by atoms with E-state index in [0.717, 1.165) is 63.2 Å². The fourth-order valence-corrected chi connectivity index (χ4v) is 4.76. The molecule has 2 aromatic rings. The molecule has 0 saturated carbocycles. The molecule has 2 fully saturated rings. The summed E-state index contributed by atoms with van der Waals surface area (Å²) in [5.74, 6) is 0.268. The first-order chi connectivity index (χ1) is 16.2. The average Bonchev–Trinajstić information content (AvgIpc) is 2.87. The number of ether oxygens (including phenoxy) is 1. The lowest BCUT2D eigenvalue weighted by atomic mass is 10.0. The molecule has 0 spiro atoms. The van der Waals surface area contributed by atoms with E-state index in [4.69, 9.17) is 4.74 Å². The predicted octanol–water partition coefficient (Wildman–Crippen LogP) is 2.78. The summed E-state index contributed by atoms with van der Waals surface area (Å²) in [5, 5.41) is 10.7. The van der Waals surface area contributed by atoms with Crippen LogP contribution in [0.1, 0.15) is 36.5 Å². The molecule has 178 valence electrons. The molecule has 6 nitrogen and oxygen atoms in total. The SMILES string of the molecule is O=C(CN1CCN(CC(O)COC(c2ccccc2)c2ccccc2)CC1)N1CCCCC1. The maximum atomic E-state index is 12.5. The summed E-state index contributed by atoms with van der Waals surface area (Å²) in [5.41, 5.74) is 2.17. The van der Waals surface area contributed by atoms with Gasteiger partial charge in [0.05, 0.1) is 19.3 Å². The average molecular weight is 452 g/mol. The molecule has 1 amide bonds. The van der Waals surface area contributed by atoms with E-state index in [-0.39, 0.29) is 18.6 Å². The first kappa shape index (κ1) is 23.9. The predicted molar refractivity (Wildman–Crippen MR) is 130 cm³/mol. The smallest absolute Gasteiger partial charge is 0.236 e. The van der Waals surface area contributed by atoms with Crippen LogP contribution in [0.4, 0.5) is 0 Å². The van der Waals surface area contributed by atoms with Crippen molar-refractivity contribution >= 4 is 5.91 Å². The van der Waals surface area contributed by atoms with Gasteiger partial charge in [0.1, 0.15) is 6.10 Å². The zero-order chi connectivity index (χ0) is 22.9. The van der Waals surface area contributed by atoms with Crippen molar-refractivity contribution in [2.75, 3.05) is 59.0 Å². The van der Waals surface area contributed by atoms with Gasteiger partial charge < -0.3 is 14.7 Å². The third-order valence-electron chi connectivity index (χ3n) is 6.66. The van der Waals surface area contributed by atoms with Gasteiger partial charge in [0.25, 0.3) is 0 Å². The van der Waals surface area contributed by atoms with Gasteiger partial charge in [0.2, 0.25) is 5.91 Å². The number of nitrogens with zero attached hydrogens (tertiary/aromatic N) is 3. The number of rotatable bonds is 9. The summed E-state index contributed by atoms with van der Waals surface area (Å²) in [4.78, 5) is 19.1. The van der Waals surface area contributed by atoms with Gasteiger partial charge in [-0.2, -0.15) is 0 Å². The van der Waals surface area contributed by atoms with Crippen LogP contribution in [-0.2, 0) is 9.53 Å². The minimum Gasteiger partial charge on any atom is -0.389 e. The molecule has 0 radical (unpaired) electrons. The monoisotopic (exact) mass is 451 g/mol. The van der Waals surface area contributed by atoms with Crippen LogP contribution in [0, 0.1) is 0 Å². The summed E-state index contributed by atoms with van der Waals surface area (Å²) in [6.07, 6.45) is 2.76. The molecule has 4 rings (SSSR count). The van der Waals surface area contributed by atoms with Crippen molar-refractivity contribution in [2.24, 2.45) is 0 Å². The highest BCUT2D eigenvalue weighted by Crippen LogP contribution is 2.26. The van der Waals surface area contributed by atoms with Gasteiger partial charge in [0.15, 0.2) is 0 Å². The molecule has 1 N–H and O–H groups in total. The number of carbonyl (C=O) groups is 1. The summed E-state index contributed by atoms with van der Waals surface area (Å²) < 4.78 is 6.22. The zero-order valence-electron chi connectivity index (χ0n) is 19.5. The van der Waals surface area contributed by atoms with E-state index < -0.39 is 6.10 Å². The molecule has 2 aliphatic rings. The summed E-state index contributed by atoms with van der Waals surface area (Å²) >= 11 is 0. The highest BCUT2D eigenvalue weighted by molar-refractivity contribution is 5.78. The first-order valence-electron chi connectivity index (χ1n) is 12.3. The molecule has 6 heteroatoms. The number of aliphatic hydroxyl groups is 1. The molecule has 0 aliphatic carbocycles. The Labute approximate surface area is 197 Å². The van der Waals surface area contributed by atoms with E-state index in [1.165, 1.54) is 6.42 Å². The lowest BCUT2D eigenvalue weighted by Gasteiger charge is -2.36. The first-order valence-corrected chi connectivity index (χ1v) is 12.3. The molecule has 2 heterocycles. The lowest BCUT2D eigenvalue weighted by Crippen LogP contribution is -2.52. The van der Waals surface area contributed by atoms with Crippen molar-refractivity contribution < 1.29 is 14.6 Å². The number of hydrogen-bond acceptors (Lipinski definition) is 5. The summed E-state index contributed by atoms with van der Waals surface area (Å²) in [6.45, 7) is 6.68. The van der Waals surface area contributed by atoms with Crippen molar-refractivity contribution in [1.82, 2.24) is 14.7 Å². The molecule has 1 atom stereocenters. The van der Waals surface area contributed by atoms with Crippen molar-refractivity contribution in [2.45, 2.75) is 31.5 Å². The van der Waals surface area contributed by atoms with Gasteiger partial charge >= 0.3 is 0 Å². The van der Waals surface area contributed by atoms with Crippen LogP contribution < -0.4 is 0 Å². The lowest BCUT2D eigenvalue weighted by molar-refractivity contribution is -0.133. The molecule has 0 aromatic heterocycles. The molecule has 1 unspecified atom stereocenters. The molecule has 2 saturated heterocycles. The van der Waals surface area contributed by atoms with Crippen molar-refractivity contribution in [3.05, 3.63) is 71.8 Å². The van der Waals surface area contributed by atoms with E-state index in [1.807, 2.05) is 41.3 Å². The number of piperazine rings is 1. The Balaban J connectivity index is 1.22. The Morgan fingerprint density at radius 3 is 1.91 bits per heavy atom. The molecule has 33 heavy (non-hydrogen) atoms. The van der Waals surface area contributed by atoms with Crippen LogP contribution in [0.2, 0.25) is 0 Å². The summed E-state index contributed by atoms with van der Waals surface area (Å²) in [6, 6.07) is 20.3. The maximum absolute atomic E-state index is 12.5. The zero-order valence-corrected chi connectivity index (χ0v) is 19.5. The fourth-order valence-electron chi connectivity index (χ4n) is 4.76. The molecule has 2 aromatic carbocycles. The Morgan fingerprint density at radius 2 is 1.33 bits per heavy atom. The molecule has 2 aliphatic heterocycles. The highest BCUT2D eigenvalue weighted by Gasteiger charge is 2.24. The third kappa shape index (κ3) is 7.11. The standard InChI is InChI=1S/C27H37N3O3/c31-25(22-33-27(23-10-4-1-5-11-23)24-12-6-2-7-13-24)20-28-16-18-29(19-17-28)21-26(32)30-14-8-3-9-15-30/h1-2,4-7,10-13,25,27,31H,3,8-9,14-22H2. The fraction of sp³-hybridized carbons (Fsp3) is 0.519. The number of carbonyl (C=O) groups excluding carboxylic acids is 1. The van der Waals surface area contributed by atoms with E-state index in [2.05, 4.69) is 34.1 Å². The van der Waals surface area contributed by atoms with Gasteiger partial charge in [-0.05, 0) is 30.4 Å². The quantitative estimate of drug-likeness (QED) is 0.635. The number of benzene rings is 2. The second-order valence-electron chi connectivity index (χ2n) is 9.21. The minimum absolute atomic E-state index is 0.195. The Morgan fingerprint density at radius 1 is 0.788 bits per heavy atom. The van der Waals surface area contributed by atoms with Crippen molar-refractivity contribution in [1.29, 1.82) is 0 Å². The van der Waals surface area contributed by atoms with E-state index in [9.17, 15) is 9.90 Å². The molecule has 0 bridgehead atoms. The van der Waals surface area contributed by atoms with Crippen LogP contribution in [0.5, 0.6) is 0 Å². The number of β-amino-alcohol motifs (C(OH)–C–C–N with tert-alkyl or cyclic N) is 1. The number of amides is 1. The second kappa shape index (κ2) is 12.3. The van der Waals surface area contributed by atoms with Crippen LogP contribution in [0.15, 0.2) is 60.7 Å². The van der Waals surface area contributed by atoms with E-state index >= 15 is 0 Å². The Kier molecular flexibility index (Phi) is 8.89. The number of aliphatic hydroxyl groups excluding tert-OH is 1. The van der Waals surface area contributed by atoms with Gasteiger partial charge in [-0.1, -0.05) is 60.7 Å². The van der Waals surface area contributed by atoms with Gasteiger partial charge in [0, 0.05) is 45.8 Å². The number of piperidine rings is 1. The second-order valence-corrected chi connectivity index (χ2v) is 9.21. The number of hydrogen-bond donors (Lipinski definition) is 1. The molecular formula is C27H37N3O3. The minimum atomic E-state index is -0.554. The van der Waals surface area contributed by atoms with Crippen LogP contribution >= 0.6 is 0 Å². The number of likely N-dealkylation sites (tertiary alicyclic amines) is 1. The molecular weight excluding hydrogens is 414 g/mol. The maximum Gasteiger partial charge on any atom is 0.236 e. The van der Waals surface area contributed by atoms with E-state index in [0.29, 0.717) is 13.1 Å².